The predicted octanol–water partition coefficient (Wildman–Crippen LogP) is 4.02. The van der Waals surface area contributed by atoms with Crippen LogP contribution in [-0.4, -0.2) is 34.0 Å². The van der Waals surface area contributed by atoms with Gasteiger partial charge in [-0.15, -0.1) is 0 Å². The largest absolute Gasteiger partial charge is 0.343 e. The van der Waals surface area contributed by atoms with Crippen molar-refractivity contribution in [2.45, 2.75) is 69.3 Å². The first-order valence-corrected chi connectivity index (χ1v) is 11.4. The number of hydrogen-bond donors (Lipinski definition) is 2. The molecule has 0 bridgehead atoms. The molecule has 2 aromatic rings. The molecular weight excluding hydrogens is 392 g/mol. The summed E-state index contributed by atoms with van der Waals surface area (Å²) in [5.74, 6) is -0.146. The third-order valence-corrected chi connectivity index (χ3v) is 6.86. The maximum atomic E-state index is 13.5. The number of nitrogens with one attached hydrogen (secondary N) is 1. The Hall–Kier alpha value is -2.27. The highest BCUT2D eigenvalue weighted by atomic mass is 32.1. The molecule has 2 heterocycles. The van der Waals surface area contributed by atoms with E-state index in [-0.39, 0.29) is 23.9 Å². The second kappa shape index (κ2) is 8.84. The molecule has 30 heavy (non-hydrogen) atoms. The number of thiol groups is 1. The Morgan fingerprint density at radius 1 is 1.20 bits per heavy atom. The summed E-state index contributed by atoms with van der Waals surface area (Å²) in [6.45, 7) is 4.22. The lowest BCUT2D eigenvalue weighted by atomic mass is 9.89. The number of aryl methyl sites for hydroxylation is 1. The zero-order valence-corrected chi connectivity index (χ0v) is 18.6. The van der Waals surface area contributed by atoms with Crippen LogP contribution < -0.4 is 5.32 Å². The number of rotatable bonds is 4. The van der Waals surface area contributed by atoms with Crippen molar-refractivity contribution in [3.8, 4) is 0 Å². The van der Waals surface area contributed by atoms with Gasteiger partial charge < -0.3 is 10.2 Å². The third kappa shape index (κ3) is 4.27. The fourth-order valence-electron chi connectivity index (χ4n) is 4.88. The van der Waals surface area contributed by atoms with Crippen LogP contribution in [0.25, 0.3) is 0 Å². The van der Waals surface area contributed by atoms with Gasteiger partial charge in [0.2, 0.25) is 11.8 Å². The van der Waals surface area contributed by atoms with Crippen molar-refractivity contribution in [1.29, 1.82) is 0 Å². The Morgan fingerprint density at radius 2 is 1.97 bits per heavy atom. The summed E-state index contributed by atoms with van der Waals surface area (Å²) < 4.78 is 0. The van der Waals surface area contributed by atoms with Crippen LogP contribution in [-0.2, 0) is 22.4 Å². The second-order valence-corrected chi connectivity index (χ2v) is 9.34. The SMILES string of the molecule is Cc1ccc2c(c1)[C@H]1CCC[C@@H](C)N1C(=O)[C@@H](NC(=O)[C@@H](S)Cc1ccccc1)C2. The summed E-state index contributed by atoms with van der Waals surface area (Å²) in [5, 5.41) is 2.54. The summed E-state index contributed by atoms with van der Waals surface area (Å²) in [6.07, 6.45) is 4.18. The van der Waals surface area contributed by atoms with Crippen LogP contribution in [0.3, 0.4) is 0 Å². The van der Waals surface area contributed by atoms with E-state index in [0.29, 0.717) is 12.8 Å². The Balaban J connectivity index is 1.57. The van der Waals surface area contributed by atoms with Crippen LogP contribution in [0.15, 0.2) is 48.5 Å². The van der Waals surface area contributed by atoms with E-state index >= 15 is 0 Å². The molecule has 5 heteroatoms. The van der Waals surface area contributed by atoms with Crippen LogP contribution in [0.2, 0.25) is 0 Å². The zero-order chi connectivity index (χ0) is 21.3. The van der Waals surface area contributed by atoms with Gasteiger partial charge in [0.15, 0.2) is 0 Å². The van der Waals surface area contributed by atoms with Crippen molar-refractivity contribution in [1.82, 2.24) is 10.2 Å². The zero-order valence-electron chi connectivity index (χ0n) is 17.7. The molecule has 2 aliphatic rings. The van der Waals surface area contributed by atoms with Gasteiger partial charge >= 0.3 is 0 Å². The van der Waals surface area contributed by atoms with Crippen molar-refractivity contribution in [2.75, 3.05) is 0 Å². The normalized spacial score (nSPS) is 24.4. The lowest BCUT2D eigenvalue weighted by Crippen LogP contribution is -2.54. The van der Waals surface area contributed by atoms with Gasteiger partial charge in [-0.2, -0.15) is 12.6 Å². The van der Waals surface area contributed by atoms with Gasteiger partial charge in [0.25, 0.3) is 0 Å². The first-order chi connectivity index (χ1) is 14.4. The molecule has 1 fully saturated rings. The van der Waals surface area contributed by atoms with Crippen LogP contribution in [0.5, 0.6) is 0 Å². The minimum absolute atomic E-state index is 0.0367. The maximum absolute atomic E-state index is 13.5. The van der Waals surface area contributed by atoms with Gasteiger partial charge in [-0.3, -0.25) is 9.59 Å². The monoisotopic (exact) mass is 422 g/mol. The number of nitrogens with zero attached hydrogens (tertiary/aromatic N) is 1. The van der Waals surface area contributed by atoms with Crippen LogP contribution >= 0.6 is 12.6 Å². The molecule has 0 spiro atoms. The van der Waals surface area contributed by atoms with Gasteiger partial charge in [0.1, 0.15) is 6.04 Å². The topological polar surface area (TPSA) is 49.4 Å². The van der Waals surface area contributed by atoms with E-state index in [1.54, 1.807) is 0 Å². The Morgan fingerprint density at radius 3 is 2.73 bits per heavy atom. The summed E-state index contributed by atoms with van der Waals surface area (Å²) in [6, 6.07) is 16.0. The Bertz CT molecular complexity index is 930. The summed E-state index contributed by atoms with van der Waals surface area (Å²) >= 11 is 4.53. The summed E-state index contributed by atoms with van der Waals surface area (Å²) in [7, 11) is 0. The van der Waals surface area contributed by atoms with Crippen LogP contribution in [0, 0.1) is 6.92 Å². The average molecular weight is 423 g/mol. The number of hydrogen-bond acceptors (Lipinski definition) is 3. The number of amides is 2. The Labute approximate surface area is 184 Å². The summed E-state index contributed by atoms with van der Waals surface area (Å²) in [4.78, 5) is 28.5. The molecule has 4 atom stereocenters. The van der Waals surface area contributed by atoms with Crippen molar-refractivity contribution < 1.29 is 9.59 Å². The molecule has 0 saturated carbocycles. The van der Waals surface area contributed by atoms with E-state index in [4.69, 9.17) is 0 Å². The van der Waals surface area contributed by atoms with Crippen molar-refractivity contribution in [2.24, 2.45) is 0 Å². The van der Waals surface area contributed by atoms with Crippen molar-refractivity contribution in [3.05, 3.63) is 70.8 Å². The fourth-order valence-corrected chi connectivity index (χ4v) is 5.16. The minimum atomic E-state index is -0.546. The second-order valence-electron chi connectivity index (χ2n) is 8.71. The van der Waals surface area contributed by atoms with Crippen LogP contribution in [0.4, 0.5) is 0 Å². The Kier molecular flexibility index (Phi) is 6.19. The van der Waals surface area contributed by atoms with E-state index in [9.17, 15) is 9.59 Å². The van der Waals surface area contributed by atoms with E-state index in [1.165, 1.54) is 16.7 Å². The van der Waals surface area contributed by atoms with Gasteiger partial charge in [-0.25, -0.2) is 0 Å². The molecule has 0 aromatic heterocycles. The minimum Gasteiger partial charge on any atom is -0.343 e. The molecule has 0 aliphatic carbocycles. The molecular formula is C25H30N2O2S. The van der Waals surface area contributed by atoms with Gasteiger partial charge in [-0.1, -0.05) is 54.1 Å². The predicted molar refractivity (Wildman–Crippen MR) is 123 cm³/mol. The molecule has 0 unspecified atom stereocenters. The lowest BCUT2D eigenvalue weighted by Gasteiger charge is -2.41. The van der Waals surface area contributed by atoms with Gasteiger partial charge in [0.05, 0.1) is 11.3 Å². The molecule has 2 aromatic carbocycles. The average Bonchev–Trinajstić information content (AvgIpc) is 2.85. The summed E-state index contributed by atoms with van der Waals surface area (Å²) in [5.41, 5.74) is 4.68. The smallest absolute Gasteiger partial charge is 0.246 e. The van der Waals surface area contributed by atoms with E-state index < -0.39 is 11.3 Å². The molecule has 2 aliphatic heterocycles. The molecule has 0 radical (unpaired) electrons. The van der Waals surface area contributed by atoms with Gasteiger partial charge in [0, 0.05) is 12.5 Å². The lowest BCUT2D eigenvalue weighted by molar-refractivity contribution is -0.141. The molecule has 1 N–H and O–H groups in total. The quantitative estimate of drug-likeness (QED) is 0.731. The fraction of sp³-hybridized carbons (Fsp3) is 0.440. The first-order valence-electron chi connectivity index (χ1n) is 10.9. The standard InChI is InChI=1S/C25H30N2O2S/c1-16-11-12-19-15-21(26-24(28)23(30)14-18-8-4-3-5-9-18)25(29)27-17(2)7-6-10-22(27)20(19)13-16/h3-5,8-9,11-13,17,21-23,30H,6-7,10,14-15H2,1-2H3,(H,26,28)/t17-,21+,22-,23+/m1/s1. The number of benzene rings is 2. The maximum Gasteiger partial charge on any atom is 0.246 e. The first kappa shape index (κ1) is 21.0. The van der Waals surface area contributed by atoms with Crippen LogP contribution in [0.1, 0.15) is 54.5 Å². The third-order valence-electron chi connectivity index (χ3n) is 6.44. The number of fused-ring (bicyclic) bond motifs is 3. The van der Waals surface area contributed by atoms with E-state index in [1.807, 2.05) is 35.2 Å². The van der Waals surface area contributed by atoms with Crippen molar-refractivity contribution in [3.63, 3.8) is 0 Å². The van der Waals surface area contributed by atoms with Gasteiger partial charge in [-0.05, 0) is 56.2 Å². The molecule has 1 saturated heterocycles. The molecule has 2 amide bonds. The number of carbonyl (C=O) groups excluding carboxylic acids is 2. The number of carbonyl (C=O) groups is 2. The molecule has 4 nitrogen and oxygen atoms in total. The highest BCUT2D eigenvalue weighted by Crippen LogP contribution is 2.39. The highest BCUT2D eigenvalue weighted by molar-refractivity contribution is 7.81. The van der Waals surface area contributed by atoms with Crippen molar-refractivity contribution >= 4 is 24.4 Å². The molecule has 158 valence electrons. The highest BCUT2D eigenvalue weighted by Gasteiger charge is 2.40. The molecule has 4 rings (SSSR count). The van der Waals surface area contributed by atoms with E-state index in [2.05, 4.69) is 50.0 Å². The van der Waals surface area contributed by atoms with E-state index in [0.717, 1.165) is 24.8 Å². The number of piperidine rings is 1.